The van der Waals surface area contributed by atoms with Gasteiger partial charge < -0.3 is 14.9 Å². The summed E-state index contributed by atoms with van der Waals surface area (Å²) in [5.41, 5.74) is -0.783. The zero-order valence-corrected chi connectivity index (χ0v) is 11.4. The second-order valence-corrected chi connectivity index (χ2v) is 4.94. The molecule has 2 aromatic carbocycles. The molecule has 0 aliphatic heterocycles. The summed E-state index contributed by atoms with van der Waals surface area (Å²) in [6.45, 7) is 1.45. The average molecular weight is 290 g/mol. The van der Waals surface area contributed by atoms with Crippen LogP contribution in [-0.4, -0.2) is 21.8 Å². The lowest BCUT2D eigenvalue weighted by Gasteiger charge is -2.26. The van der Waals surface area contributed by atoms with E-state index in [4.69, 9.17) is 4.74 Å². The number of halogens is 1. The van der Waals surface area contributed by atoms with Gasteiger partial charge in [0.05, 0.1) is 0 Å². The van der Waals surface area contributed by atoms with E-state index in [1.165, 1.54) is 43.3 Å². The Morgan fingerprint density at radius 2 is 1.71 bits per heavy atom. The first kappa shape index (κ1) is 14.8. The van der Waals surface area contributed by atoms with Crippen molar-refractivity contribution < 1.29 is 24.1 Å². The van der Waals surface area contributed by atoms with Crippen LogP contribution in [0, 0.1) is 5.82 Å². The number of rotatable bonds is 5. The minimum atomic E-state index is -1.49. The maximum atomic E-state index is 12.9. The molecule has 0 spiro atoms. The molecule has 2 N–H and O–H groups in total. The minimum absolute atomic E-state index is 0.107. The maximum absolute atomic E-state index is 12.9. The number of benzene rings is 2. The Kier molecular flexibility index (Phi) is 4.12. The number of phenols is 1. The van der Waals surface area contributed by atoms with Crippen molar-refractivity contribution in [2.75, 3.05) is 0 Å². The highest BCUT2D eigenvalue weighted by Crippen LogP contribution is 2.24. The Hall–Kier alpha value is -2.56. The van der Waals surface area contributed by atoms with E-state index in [2.05, 4.69) is 0 Å². The lowest BCUT2D eigenvalue weighted by Crippen LogP contribution is -2.43. The van der Waals surface area contributed by atoms with Crippen LogP contribution in [0.15, 0.2) is 48.5 Å². The van der Waals surface area contributed by atoms with Crippen LogP contribution in [0.2, 0.25) is 0 Å². The largest absolute Gasteiger partial charge is 0.508 e. The van der Waals surface area contributed by atoms with Crippen molar-refractivity contribution in [3.8, 4) is 11.5 Å². The molecule has 0 saturated carbocycles. The van der Waals surface area contributed by atoms with Gasteiger partial charge in [-0.15, -0.1) is 0 Å². The molecule has 0 fully saturated rings. The van der Waals surface area contributed by atoms with Crippen LogP contribution in [0.4, 0.5) is 4.39 Å². The van der Waals surface area contributed by atoms with E-state index in [9.17, 15) is 19.4 Å². The summed E-state index contributed by atoms with van der Waals surface area (Å²) in [6.07, 6.45) is 0.111. The third kappa shape index (κ3) is 3.72. The average Bonchev–Trinajstić information content (AvgIpc) is 2.44. The number of ether oxygens (including phenoxy) is 1. The van der Waals surface area contributed by atoms with Gasteiger partial charge in [0.15, 0.2) is 0 Å². The fraction of sp³-hybridized carbons (Fsp3) is 0.188. The molecular weight excluding hydrogens is 275 g/mol. The van der Waals surface area contributed by atoms with Crippen molar-refractivity contribution in [1.29, 1.82) is 0 Å². The molecule has 2 aromatic rings. The molecule has 5 heteroatoms. The zero-order chi connectivity index (χ0) is 15.5. The topological polar surface area (TPSA) is 66.8 Å². The van der Waals surface area contributed by atoms with Gasteiger partial charge in [-0.25, -0.2) is 9.18 Å². The van der Waals surface area contributed by atoms with Gasteiger partial charge >= 0.3 is 5.97 Å². The number of hydrogen-bond acceptors (Lipinski definition) is 3. The molecule has 2 rings (SSSR count). The fourth-order valence-corrected chi connectivity index (χ4v) is 1.92. The molecule has 0 radical (unpaired) electrons. The van der Waals surface area contributed by atoms with E-state index in [0.717, 1.165) is 0 Å². The van der Waals surface area contributed by atoms with Gasteiger partial charge in [0.2, 0.25) is 5.60 Å². The van der Waals surface area contributed by atoms with E-state index >= 15 is 0 Å². The molecular formula is C16H15FO4. The van der Waals surface area contributed by atoms with Crippen LogP contribution in [0.5, 0.6) is 11.5 Å². The van der Waals surface area contributed by atoms with Crippen LogP contribution >= 0.6 is 0 Å². The maximum Gasteiger partial charge on any atom is 0.348 e. The molecule has 0 aromatic heterocycles. The van der Waals surface area contributed by atoms with E-state index in [0.29, 0.717) is 5.56 Å². The second-order valence-electron chi connectivity index (χ2n) is 4.94. The number of carbonyl (C=O) groups is 1. The SMILES string of the molecule is CC(Cc1ccc(O)cc1)(Oc1ccc(F)cc1)C(=O)O. The Morgan fingerprint density at radius 3 is 2.24 bits per heavy atom. The second kappa shape index (κ2) is 5.83. The number of carboxylic acid groups (broad SMARTS) is 1. The van der Waals surface area contributed by atoms with E-state index < -0.39 is 17.4 Å². The van der Waals surface area contributed by atoms with Gasteiger partial charge in [0, 0.05) is 6.42 Å². The van der Waals surface area contributed by atoms with Crippen molar-refractivity contribution in [2.24, 2.45) is 0 Å². The van der Waals surface area contributed by atoms with E-state index in [-0.39, 0.29) is 17.9 Å². The fourth-order valence-electron chi connectivity index (χ4n) is 1.92. The van der Waals surface area contributed by atoms with E-state index in [1.807, 2.05) is 0 Å². The van der Waals surface area contributed by atoms with Crippen LogP contribution in [-0.2, 0) is 11.2 Å². The summed E-state index contributed by atoms with van der Waals surface area (Å²) in [6, 6.07) is 11.4. The van der Waals surface area contributed by atoms with Crippen LogP contribution < -0.4 is 4.74 Å². The highest BCUT2D eigenvalue weighted by Gasteiger charge is 2.36. The lowest BCUT2D eigenvalue weighted by atomic mass is 9.96. The van der Waals surface area contributed by atoms with E-state index in [1.54, 1.807) is 12.1 Å². The van der Waals surface area contributed by atoms with Crippen LogP contribution in [0.1, 0.15) is 12.5 Å². The highest BCUT2D eigenvalue weighted by atomic mass is 19.1. The summed E-state index contributed by atoms with van der Waals surface area (Å²) in [7, 11) is 0. The van der Waals surface area contributed by atoms with Gasteiger partial charge in [-0.05, 0) is 48.9 Å². The first-order valence-electron chi connectivity index (χ1n) is 6.35. The van der Waals surface area contributed by atoms with Gasteiger partial charge in [-0.3, -0.25) is 0 Å². The molecule has 0 aliphatic rings. The Morgan fingerprint density at radius 1 is 1.14 bits per heavy atom. The van der Waals surface area contributed by atoms with Crippen LogP contribution in [0.3, 0.4) is 0 Å². The summed E-state index contributed by atoms with van der Waals surface area (Å²) in [5, 5.41) is 18.7. The number of aromatic hydroxyl groups is 1. The molecule has 0 amide bonds. The normalized spacial score (nSPS) is 13.4. The minimum Gasteiger partial charge on any atom is -0.508 e. The van der Waals surface area contributed by atoms with Crippen molar-refractivity contribution in [3.63, 3.8) is 0 Å². The van der Waals surface area contributed by atoms with Gasteiger partial charge in [-0.1, -0.05) is 12.1 Å². The molecule has 1 atom stereocenters. The van der Waals surface area contributed by atoms with Gasteiger partial charge in [0.25, 0.3) is 0 Å². The molecule has 21 heavy (non-hydrogen) atoms. The third-order valence-electron chi connectivity index (χ3n) is 3.09. The van der Waals surface area contributed by atoms with Crippen molar-refractivity contribution in [2.45, 2.75) is 18.9 Å². The van der Waals surface area contributed by atoms with Crippen molar-refractivity contribution in [3.05, 3.63) is 59.9 Å². The predicted molar refractivity (Wildman–Crippen MR) is 74.9 cm³/mol. The first-order chi connectivity index (χ1) is 9.89. The summed E-state index contributed by atoms with van der Waals surface area (Å²) in [5.74, 6) is -1.16. The number of hydrogen-bond donors (Lipinski definition) is 2. The number of carboxylic acids is 1. The predicted octanol–water partition coefficient (Wildman–Crippen LogP) is 3.00. The summed E-state index contributed by atoms with van der Waals surface area (Å²) >= 11 is 0. The lowest BCUT2D eigenvalue weighted by molar-refractivity contribution is -0.153. The Labute approximate surface area is 121 Å². The molecule has 0 bridgehead atoms. The zero-order valence-electron chi connectivity index (χ0n) is 11.4. The quantitative estimate of drug-likeness (QED) is 0.888. The molecule has 1 unspecified atom stereocenters. The Balaban J connectivity index is 2.21. The molecule has 0 heterocycles. The van der Waals surface area contributed by atoms with Crippen molar-refractivity contribution >= 4 is 5.97 Å². The smallest absolute Gasteiger partial charge is 0.348 e. The standard InChI is InChI=1S/C16H15FO4/c1-16(15(19)20,10-11-2-6-13(18)7-3-11)21-14-8-4-12(17)5-9-14/h2-9,18H,10H2,1H3,(H,19,20). The van der Waals surface area contributed by atoms with Crippen molar-refractivity contribution in [1.82, 2.24) is 0 Å². The third-order valence-corrected chi connectivity index (χ3v) is 3.09. The number of aliphatic carboxylic acids is 1. The molecule has 110 valence electrons. The molecule has 0 saturated heterocycles. The van der Waals surface area contributed by atoms with Crippen LogP contribution in [0.25, 0.3) is 0 Å². The first-order valence-corrected chi connectivity index (χ1v) is 6.35. The Bertz CT molecular complexity index is 572. The van der Waals surface area contributed by atoms with Gasteiger partial charge in [0.1, 0.15) is 17.3 Å². The highest BCUT2D eigenvalue weighted by molar-refractivity contribution is 5.78. The summed E-state index contributed by atoms with van der Waals surface area (Å²) < 4.78 is 18.4. The molecule has 4 nitrogen and oxygen atoms in total. The molecule has 0 aliphatic carbocycles. The monoisotopic (exact) mass is 290 g/mol. The van der Waals surface area contributed by atoms with Gasteiger partial charge in [-0.2, -0.15) is 0 Å². The summed E-state index contributed by atoms with van der Waals surface area (Å²) in [4.78, 5) is 11.5. The number of phenolic OH excluding ortho intramolecular Hbond substituents is 1.